The first-order valence-corrected chi connectivity index (χ1v) is 6.76. The Bertz CT molecular complexity index is 280. The standard InChI is InChI=1S/C13H23NO4/c1-2-9-18-10-12(15)14-8-6-4-3-5-7-11(14)13(16)17/h11H,2-10H2,1H3,(H,16,17). The minimum Gasteiger partial charge on any atom is -0.480 e. The fourth-order valence-corrected chi connectivity index (χ4v) is 2.23. The van der Waals surface area contributed by atoms with Crippen LogP contribution >= 0.6 is 0 Å². The molecule has 1 amide bonds. The maximum Gasteiger partial charge on any atom is 0.326 e. The largest absolute Gasteiger partial charge is 0.480 e. The molecule has 1 heterocycles. The van der Waals surface area contributed by atoms with Crippen molar-refractivity contribution >= 4 is 11.9 Å². The summed E-state index contributed by atoms with van der Waals surface area (Å²) < 4.78 is 5.21. The van der Waals surface area contributed by atoms with E-state index < -0.39 is 12.0 Å². The molecular formula is C13H23NO4. The number of hydrogen-bond donors (Lipinski definition) is 1. The highest BCUT2D eigenvalue weighted by Crippen LogP contribution is 2.17. The van der Waals surface area contributed by atoms with Gasteiger partial charge >= 0.3 is 5.97 Å². The highest BCUT2D eigenvalue weighted by atomic mass is 16.5. The Morgan fingerprint density at radius 2 is 2.00 bits per heavy atom. The minimum atomic E-state index is -0.902. The van der Waals surface area contributed by atoms with Crippen LogP contribution in [0.25, 0.3) is 0 Å². The molecule has 104 valence electrons. The molecule has 1 aliphatic rings. The summed E-state index contributed by atoms with van der Waals surface area (Å²) in [7, 11) is 0. The average Bonchev–Trinajstić information content (AvgIpc) is 2.28. The Labute approximate surface area is 108 Å². The molecule has 18 heavy (non-hydrogen) atoms. The van der Waals surface area contributed by atoms with Crippen LogP contribution < -0.4 is 0 Å². The van der Waals surface area contributed by atoms with Crippen molar-refractivity contribution in [1.82, 2.24) is 4.90 Å². The number of ether oxygens (including phenoxy) is 1. The van der Waals surface area contributed by atoms with Crippen molar-refractivity contribution in [2.24, 2.45) is 0 Å². The van der Waals surface area contributed by atoms with Gasteiger partial charge in [-0.3, -0.25) is 4.79 Å². The van der Waals surface area contributed by atoms with E-state index in [1.165, 1.54) is 4.90 Å². The predicted octanol–water partition coefficient (Wildman–Crippen LogP) is 1.66. The van der Waals surface area contributed by atoms with Gasteiger partial charge in [-0.2, -0.15) is 0 Å². The fraction of sp³-hybridized carbons (Fsp3) is 0.846. The summed E-state index contributed by atoms with van der Waals surface area (Å²) in [5.41, 5.74) is 0. The Hall–Kier alpha value is -1.10. The maximum absolute atomic E-state index is 12.0. The molecule has 0 aromatic carbocycles. The molecule has 0 spiro atoms. The Balaban J connectivity index is 2.59. The van der Waals surface area contributed by atoms with Crippen LogP contribution in [0.2, 0.25) is 0 Å². The summed E-state index contributed by atoms with van der Waals surface area (Å²) in [6, 6.07) is -0.678. The van der Waals surface area contributed by atoms with E-state index in [9.17, 15) is 14.7 Å². The smallest absolute Gasteiger partial charge is 0.326 e. The monoisotopic (exact) mass is 257 g/mol. The van der Waals surface area contributed by atoms with Gasteiger partial charge in [0.1, 0.15) is 12.6 Å². The van der Waals surface area contributed by atoms with E-state index in [1.54, 1.807) is 0 Å². The maximum atomic E-state index is 12.0. The third-order valence-corrected chi connectivity index (χ3v) is 3.18. The number of carboxylic acid groups (broad SMARTS) is 1. The van der Waals surface area contributed by atoms with Gasteiger partial charge in [0, 0.05) is 13.2 Å². The second-order valence-corrected chi connectivity index (χ2v) is 4.70. The first-order valence-electron chi connectivity index (χ1n) is 6.76. The molecule has 0 bridgehead atoms. The zero-order valence-electron chi connectivity index (χ0n) is 11.1. The minimum absolute atomic E-state index is 0.00236. The lowest BCUT2D eigenvalue weighted by molar-refractivity contribution is -0.153. The molecule has 5 heteroatoms. The van der Waals surface area contributed by atoms with Crippen molar-refractivity contribution in [2.45, 2.75) is 51.5 Å². The summed E-state index contributed by atoms with van der Waals surface area (Å²) in [6.45, 7) is 3.04. The van der Waals surface area contributed by atoms with E-state index in [2.05, 4.69) is 0 Å². The van der Waals surface area contributed by atoms with Crippen LogP contribution in [0.1, 0.15) is 45.4 Å². The fourth-order valence-electron chi connectivity index (χ4n) is 2.23. The van der Waals surface area contributed by atoms with Crippen molar-refractivity contribution in [3.05, 3.63) is 0 Å². The Morgan fingerprint density at radius 3 is 2.67 bits per heavy atom. The van der Waals surface area contributed by atoms with Crippen molar-refractivity contribution < 1.29 is 19.4 Å². The second kappa shape index (κ2) is 8.08. The van der Waals surface area contributed by atoms with E-state index in [-0.39, 0.29) is 12.5 Å². The van der Waals surface area contributed by atoms with Gasteiger partial charge in [0.25, 0.3) is 0 Å². The Morgan fingerprint density at radius 1 is 1.28 bits per heavy atom. The van der Waals surface area contributed by atoms with Crippen LogP contribution in [0.3, 0.4) is 0 Å². The van der Waals surface area contributed by atoms with Crippen LogP contribution in [0.5, 0.6) is 0 Å². The van der Waals surface area contributed by atoms with E-state index in [0.717, 1.165) is 32.1 Å². The number of hydrogen-bond acceptors (Lipinski definition) is 3. The normalized spacial score (nSPS) is 21.2. The number of rotatable bonds is 5. The van der Waals surface area contributed by atoms with Gasteiger partial charge in [-0.15, -0.1) is 0 Å². The lowest BCUT2D eigenvalue weighted by Gasteiger charge is -2.30. The van der Waals surface area contributed by atoms with Gasteiger partial charge < -0.3 is 14.7 Å². The van der Waals surface area contributed by atoms with Gasteiger partial charge in [-0.25, -0.2) is 4.79 Å². The van der Waals surface area contributed by atoms with E-state index in [0.29, 0.717) is 19.6 Å². The van der Waals surface area contributed by atoms with Crippen LogP contribution in [-0.4, -0.2) is 47.7 Å². The lowest BCUT2D eigenvalue weighted by atomic mass is 10.0. The SMILES string of the molecule is CCCOCC(=O)N1CCCCCCC1C(=O)O. The number of carbonyl (C=O) groups excluding carboxylic acids is 1. The lowest BCUT2D eigenvalue weighted by Crippen LogP contribution is -2.47. The number of nitrogens with zero attached hydrogens (tertiary/aromatic N) is 1. The van der Waals surface area contributed by atoms with Crippen LogP contribution in [0.4, 0.5) is 0 Å². The van der Waals surface area contributed by atoms with Crippen molar-refractivity contribution in [1.29, 1.82) is 0 Å². The summed E-state index contributed by atoms with van der Waals surface area (Å²) in [4.78, 5) is 24.7. The number of aliphatic carboxylic acids is 1. The first-order chi connectivity index (χ1) is 8.66. The molecule has 1 atom stereocenters. The van der Waals surface area contributed by atoms with Crippen LogP contribution in [-0.2, 0) is 14.3 Å². The van der Waals surface area contributed by atoms with Gasteiger partial charge in [0.15, 0.2) is 0 Å². The third-order valence-electron chi connectivity index (χ3n) is 3.18. The van der Waals surface area contributed by atoms with Crippen LogP contribution in [0.15, 0.2) is 0 Å². The summed E-state index contributed by atoms with van der Waals surface area (Å²) in [6.07, 6.45) is 5.27. The molecular weight excluding hydrogens is 234 g/mol. The van der Waals surface area contributed by atoms with Gasteiger partial charge in [-0.1, -0.05) is 26.2 Å². The average molecular weight is 257 g/mol. The second-order valence-electron chi connectivity index (χ2n) is 4.70. The quantitative estimate of drug-likeness (QED) is 0.761. The molecule has 0 aliphatic carbocycles. The Kier molecular flexibility index (Phi) is 6.72. The van der Waals surface area contributed by atoms with E-state index >= 15 is 0 Å². The van der Waals surface area contributed by atoms with E-state index in [1.807, 2.05) is 6.92 Å². The number of likely N-dealkylation sites (tertiary alicyclic amines) is 1. The number of amides is 1. The highest BCUT2D eigenvalue weighted by molar-refractivity contribution is 5.84. The molecule has 0 aromatic heterocycles. The van der Waals surface area contributed by atoms with Crippen molar-refractivity contribution in [2.75, 3.05) is 19.8 Å². The van der Waals surface area contributed by atoms with Gasteiger partial charge in [-0.05, 0) is 19.3 Å². The summed E-state index contributed by atoms with van der Waals surface area (Å²) >= 11 is 0. The van der Waals surface area contributed by atoms with Crippen LogP contribution in [0, 0.1) is 0 Å². The molecule has 0 aromatic rings. The summed E-state index contributed by atoms with van der Waals surface area (Å²) in [5, 5.41) is 9.21. The van der Waals surface area contributed by atoms with E-state index in [4.69, 9.17) is 4.74 Å². The molecule has 1 aliphatic heterocycles. The summed E-state index contributed by atoms with van der Waals surface area (Å²) in [5.74, 6) is -1.10. The number of carboxylic acids is 1. The first kappa shape index (κ1) is 15.0. The van der Waals surface area contributed by atoms with Gasteiger partial charge in [0.2, 0.25) is 5.91 Å². The molecule has 1 fully saturated rings. The third kappa shape index (κ3) is 4.64. The predicted molar refractivity (Wildman–Crippen MR) is 67.3 cm³/mol. The molecule has 0 saturated carbocycles. The van der Waals surface area contributed by atoms with Gasteiger partial charge in [0.05, 0.1) is 0 Å². The molecule has 0 radical (unpaired) electrons. The zero-order chi connectivity index (χ0) is 13.4. The molecule has 1 unspecified atom stereocenters. The topological polar surface area (TPSA) is 66.8 Å². The number of carbonyl (C=O) groups is 2. The highest BCUT2D eigenvalue weighted by Gasteiger charge is 2.29. The molecule has 1 saturated heterocycles. The molecule has 5 nitrogen and oxygen atoms in total. The zero-order valence-corrected chi connectivity index (χ0v) is 11.1. The molecule has 1 N–H and O–H groups in total. The molecule has 1 rings (SSSR count). The van der Waals surface area contributed by atoms with Crippen molar-refractivity contribution in [3.8, 4) is 0 Å². The van der Waals surface area contributed by atoms with Crippen molar-refractivity contribution in [3.63, 3.8) is 0 Å².